The van der Waals surface area contributed by atoms with E-state index in [9.17, 15) is 5.11 Å². The number of benzene rings is 1. The summed E-state index contributed by atoms with van der Waals surface area (Å²) in [6.45, 7) is 4.19. The van der Waals surface area contributed by atoms with E-state index in [1.54, 1.807) is 0 Å². The third-order valence-electron chi connectivity index (χ3n) is 3.36. The molecule has 2 heteroatoms. The predicted molar refractivity (Wildman–Crippen MR) is 63.1 cm³/mol. The second-order valence-electron chi connectivity index (χ2n) is 4.82. The topological polar surface area (TPSA) is 32.3 Å². The average molecular weight is 205 g/mol. The fraction of sp³-hybridized carbons (Fsp3) is 0.538. The van der Waals surface area contributed by atoms with E-state index in [1.807, 2.05) is 6.07 Å². The Labute approximate surface area is 91.3 Å². The summed E-state index contributed by atoms with van der Waals surface area (Å²) >= 11 is 0. The molecule has 1 aromatic rings. The van der Waals surface area contributed by atoms with E-state index in [4.69, 9.17) is 0 Å². The van der Waals surface area contributed by atoms with Crippen LogP contribution in [0.4, 0.5) is 5.69 Å². The van der Waals surface area contributed by atoms with Gasteiger partial charge in [-0.15, -0.1) is 0 Å². The molecule has 1 fully saturated rings. The Bertz CT molecular complexity index is 350. The van der Waals surface area contributed by atoms with E-state index in [-0.39, 0.29) is 11.6 Å². The van der Waals surface area contributed by atoms with Gasteiger partial charge in [0.15, 0.2) is 0 Å². The van der Waals surface area contributed by atoms with Gasteiger partial charge in [-0.05, 0) is 50.8 Å². The van der Waals surface area contributed by atoms with Crippen LogP contribution in [-0.2, 0) is 0 Å². The first-order valence-electron chi connectivity index (χ1n) is 5.63. The van der Waals surface area contributed by atoms with Crippen molar-refractivity contribution in [1.29, 1.82) is 0 Å². The van der Waals surface area contributed by atoms with Crippen molar-refractivity contribution >= 4 is 5.69 Å². The van der Waals surface area contributed by atoms with Crippen molar-refractivity contribution in [2.75, 3.05) is 5.32 Å². The first-order chi connectivity index (χ1) is 7.10. The fourth-order valence-electron chi connectivity index (χ4n) is 2.35. The molecule has 0 radical (unpaired) electrons. The van der Waals surface area contributed by atoms with Gasteiger partial charge in [0.25, 0.3) is 0 Å². The smallest absolute Gasteiger partial charge is 0.0767 e. The number of anilines is 1. The summed E-state index contributed by atoms with van der Waals surface area (Å²) < 4.78 is 0. The van der Waals surface area contributed by atoms with E-state index >= 15 is 0 Å². The molecule has 0 bridgehead atoms. The summed E-state index contributed by atoms with van der Waals surface area (Å²) in [5.41, 5.74) is 2.21. The minimum absolute atomic E-state index is 0.145. The fourth-order valence-corrected chi connectivity index (χ4v) is 2.35. The molecule has 0 saturated heterocycles. The molecule has 2 atom stereocenters. The van der Waals surface area contributed by atoms with Crippen LogP contribution in [0.25, 0.3) is 0 Å². The molecule has 0 amide bonds. The molecule has 1 saturated carbocycles. The Morgan fingerprint density at radius 2 is 2.27 bits per heavy atom. The van der Waals surface area contributed by atoms with Crippen molar-refractivity contribution in [2.24, 2.45) is 0 Å². The largest absolute Gasteiger partial charge is 0.391 e. The maximum absolute atomic E-state index is 9.92. The van der Waals surface area contributed by atoms with Crippen molar-refractivity contribution in [1.82, 2.24) is 0 Å². The monoisotopic (exact) mass is 205 g/mol. The lowest BCUT2D eigenvalue weighted by Crippen LogP contribution is -2.42. The zero-order chi connectivity index (χ0) is 10.9. The summed E-state index contributed by atoms with van der Waals surface area (Å²) in [4.78, 5) is 0. The van der Waals surface area contributed by atoms with Crippen LogP contribution in [-0.4, -0.2) is 16.7 Å². The first-order valence-corrected chi connectivity index (χ1v) is 5.63. The Hall–Kier alpha value is -1.02. The lowest BCUT2D eigenvalue weighted by atomic mass is 9.97. The van der Waals surface area contributed by atoms with E-state index in [1.165, 1.54) is 5.56 Å². The van der Waals surface area contributed by atoms with E-state index < -0.39 is 0 Å². The number of hydrogen-bond donors (Lipinski definition) is 2. The van der Waals surface area contributed by atoms with Gasteiger partial charge < -0.3 is 10.4 Å². The zero-order valence-electron chi connectivity index (χ0n) is 9.46. The average Bonchev–Trinajstić information content (AvgIpc) is 2.47. The molecular formula is C13H19NO. The van der Waals surface area contributed by atoms with Gasteiger partial charge in [0, 0.05) is 5.69 Å². The number of aliphatic hydroxyl groups is 1. The highest BCUT2D eigenvalue weighted by Gasteiger charge is 2.37. The standard InChI is InChI=1S/C13H19NO/c1-10-5-3-6-11(9-10)14-13(2)8-4-7-12(13)15/h3,5-6,9,12,14-15H,4,7-8H2,1-2H3. The van der Waals surface area contributed by atoms with Crippen LogP contribution in [0.2, 0.25) is 0 Å². The quantitative estimate of drug-likeness (QED) is 0.778. The maximum Gasteiger partial charge on any atom is 0.0767 e. The molecule has 2 rings (SSSR count). The molecule has 0 aromatic heterocycles. The third kappa shape index (κ3) is 2.15. The molecule has 0 heterocycles. The van der Waals surface area contributed by atoms with Crippen LogP contribution in [0.15, 0.2) is 24.3 Å². The summed E-state index contributed by atoms with van der Waals surface area (Å²) in [5, 5.41) is 13.4. The maximum atomic E-state index is 9.92. The number of nitrogens with one attached hydrogen (secondary N) is 1. The normalized spacial score (nSPS) is 30.5. The second kappa shape index (κ2) is 3.86. The molecule has 1 aliphatic carbocycles. The van der Waals surface area contributed by atoms with Crippen LogP contribution in [0.1, 0.15) is 31.7 Å². The van der Waals surface area contributed by atoms with Gasteiger partial charge in [0.2, 0.25) is 0 Å². The molecule has 2 N–H and O–H groups in total. The van der Waals surface area contributed by atoms with Crippen molar-refractivity contribution in [3.63, 3.8) is 0 Å². The summed E-state index contributed by atoms with van der Waals surface area (Å²) in [6.07, 6.45) is 2.84. The minimum atomic E-state index is -0.224. The molecule has 2 unspecified atom stereocenters. The Morgan fingerprint density at radius 1 is 1.47 bits per heavy atom. The van der Waals surface area contributed by atoms with Gasteiger partial charge in [-0.2, -0.15) is 0 Å². The number of aryl methyl sites for hydroxylation is 1. The van der Waals surface area contributed by atoms with E-state index in [2.05, 4.69) is 37.4 Å². The van der Waals surface area contributed by atoms with Crippen molar-refractivity contribution in [2.45, 2.75) is 44.8 Å². The van der Waals surface area contributed by atoms with Gasteiger partial charge in [-0.25, -0.2) is 0 Å². The zero-order valence-corrected chi connectivity index (χ0v) is 9.46. The highest BCUT2D eigenvalue weighted by molar-refractivity contribution is 5.48. The van der Waals surface area contributed by atoms with Crippen molar-refractivity contribution in [3.8, 4) is 0 Å². The number of aliphatic hydroxyl groups excluding tert-OH is 1. The lowest BCUT2D eigenvalue weighted by molar-refractivity contribution is 0.131. The summed E-state index contributed by atoms with van der Waals surface area (Å²) in [7, 11) is 0. The third-order valence-corrected chi connectivity index (χ3v) is 3.36. The molecule has 2 nitrogen and oxygen atoms in total. The van der Waals surface area contributed by atoms with Crippen LogP contribution >= 0.6 is 0 Å². The first kappa shape index (κ1) is 10.5. The van der Waals surface area contributed by atoms with E-state index in [0.29, 0.717) is 0 Å². The molecular weight excluding hydrogens is 186 g/mol. The van der Waals surface area contributed by atoms with Crippen LogP contribution < -0.4 is 5.32 Å². The van der Waals surface area contributed by atoms with E-state index in [0.717, 1.165) is 24.9 Å². The molecule has 0 spiro atoms. The van der Waals surface area contributed by atoms with Crippen LogP contribution in [0.3, 0.4) is 0 Å². The highest BCUT2D eigenvalue weighted by Crippen LogP contribution is 2.33. The summed E-state index contributed by atoms with van der Waals surface area (Å²) in [6, 6.07) is 8.31. The van der Waals surface area contributed by atoms with Gasteiger partial charge in [0.05, 0.1) is 11.6 Å². The van der Waals surface area contributed by atoms with Gasteiger partial charge in [-0.1, -0.05) is 12.1 Å². The van der Waals surface area contributed by atoms with Crippen LogP contribution in [0.5, 0.6) is 0 Å². The van der Waals surface area contributed by atoms with Gasteiger partial charge in [0.1, 0.15) is 0 Å². The predicted octanol–water partition coefficient (Wildman–Crippen LogP) is 2.71. The second-order valence-corrected chi connectivity index (χ2v) is 4.82. The molecule has 0 aliphatic heterocycles. The Kier molecular flexibility index (Phi) is 2.70. The van der Waals surface area contributed by atoms with Crippen molar-refractivity contribution in [3.05, 3.63) is 29.8 Å². The summed E-state index contributed by atoms with van der Waals surface area (Å²) in [5.74, 6) is 0. The molecule has 1 aliphatic rings. The highest BCUT2D eigenvalue weighted by atomic mass is 16.3. The van der Waals surface area contributed by atoms with Gasteiger partial charge in [-0.3, -0.25) is 0 Å². The Balaban J connectivity index is 2.14. The van der Waals surface area contributed by atoms with Crippen molar-refractivity contribution < 1.29 is 5.11 Å². The minimum Gasteiger partial charge on any atom is -0.391 e. The van der Waals surface area contributed by atoms with Crippen LogP contribution in [0, 0.1) is 6.92 Å². The SMILES string of the molecule is Cc1cccc(NC2(C)CCCC2O)c1. The molecule has 82 valence electrons. The Morgan fingerprint density at radius 3 is 2.87 bits per heavy atom. The number of rotatable bonds is 2. The lowest BCUT2D eigenvalue weighted by Gasteiger charge is -2.30. The van der Waals surface area contributed by atoms with Gasteiger partial charge >= 0.3 is 0 Å². The molecule has 1 aromatic carbocycles. The molecule has 15 heavy (non-hydrogen) atoms. The number of hydrogen-bond acceptors (Lipinski definition) is 2.